The van der Waals surface area contributed by atoms with Gasteiger partial charge in [0.05, 0.1) is 0 Å². The van der Waals surface area contributed by atoms with Crippen LogP contribution >= 0.6 is 0 Å². The highest BCUT2D eigenvalue weighted by Gasteiger charge is 2.25. The molecular weight excluding hydrogens is 254 g/mol. The fraction of sp³-hybridized carbons (Fsp3) is 0.333. The number of ether oxygens (including phenoxy) is 1. The van der Waals surface area contributed by atoms with Crippen molar-refractivity contribution in [3.63, 3.8) is 0 Å². The first-order chi connectivity index (χ1) is 9.78. The topological polar surface area (TPSA) is 56.1 Å². The summed E-state index contributed by atoms with van der Waals surface area (Å²) in [5.41, 5.74) is 0.942. The monoisotopic (exact) mass is 271 g/mol. The maximum Gasteiger partial charge on any atom is 0.313 e. The second kappa shape index (κ2) is 5.46. The molecule has 0 spiro atoms. The molecule has 1 heterocycles. The van der Waals surface area contributed by atoms with E-state index in [-0.39, 0.29) is 11.4 Å². The normalized spacial score (nSPS) is 14.2. The summed E-state index contributed by atoms with van der Waals surface area (Å²) in [7, 11) is 1.89. The molecule has 5 nitrogen and oxygen atoms in total. The van der Waals surface area contributed by atoms with E-state index in [0.29, 0.717) is 11.8 Å². The fourth-order valence-electron chi connectivity index (χ4n) is 2.15. The van der Waals surface area contributed by atoms with Crippen molar-refractivity contribution in [2.75, 3.05) is 7.05 Å². The lowest BCUT2D eigenvalue weighted by atomic mass is 10.2. The largest absolute Gasteiger partial charge is 0.435 e. The Morgan fingerprint density at radius 3 is 3.05 bits per heavy atom. The molecule has 104 valence electrons. The zero-order valence-electron chi connectivity index (χ0n) is 11.4. The summed E-state index contributed by atoms with van der Waals surface area (Å²) >= 11 is 0. The summed E-state index contributed by atoms with van der Waals surface area (Å²) in [6, 6.07) is 7.97. The van der Waals surface area contributed by atoms with Crippen LogP contribution in [-0.4, -0.2) is 16.6 Å². The van der Waals surface area contributed by atoms with E-state index < -0.39 is 0 Å². The molecule has 3 rings (SSSR count). The number of nitrogens with one attached hydrogen (secondary N) is 1. The molecule has 1 saturated carbocycles. The molecule has 20 heavy (non-hydrogen) atoms. The summed E-state index contributed by atoms with van der Waals surface area (Å²) in [5, 5.41) is 3.08. The zero-order chi connectivity index (χ0) is 13.9. The first-order valence-electron chi connectivity index (χ1n) is 6.76. The predicted octanol–water partition coefficient (Wildman–Crippen LogP) is 2.09. The van der Waals surface area contributed by atoms with Crippen molar-refractivity contribution >= 4 is 0 Å². The van der Waals surface area contributed by atoms with Crippen LogP contribution in [0.25, 0.3) is 0 Å². The minimum absolute atomic E-state index is 0.140. The molecule has 1 aromatic carbocycles. The molecule has 0 aliphatic heterocycles. The van der Waals surface area contributed by atoms with Gasteiger partial charge in [-0.25, -0.2) is 4.98 Å². The van der Waals surface area contributed by atoms with Gasteiger partial charge >= 0.3 is 5.56 Å². The second-order valence-electron chi connectivity index (χ2n) is 4.96. The average Bonchev–Trinajstić information content (AvgIpc) is 3.26. The zero-order valence-corrected chi connectivity index (χ0v) is 11.4. The van der Waals surface area contributed by atoms with Gasteiger partial charge < -0.3 is 14.6 Å². The van der Waals surface area contributed by atoms with Crippen LogP contribution in [0, 0.1) is 0 Å². The van der Waals surface area contributed by atoms with Gasteiger partial charge in [-0.2, -0.15) is 0 Å². The third-order valence-corrected chi connectivity index (χ3v) is 3.27. The molecule has 5 heteroatoms. The van der Waals surface area contributed by atoms with Gasteiger partial charge in [-0.05, 0) is 37.6 Å². The Morgan fingerprint density at radius 2 is 2.30 bits per heavy atom. The number of nitrogens with zero attached hydrogens (tertiary/aromatic N) is 2. The molecule has 0 unspecified atom stereocenters. The quantitative estimate of drug-likeness (QED) is 0.904. The van der Waals surface area contributed by atoms with Crippen LogP contribution in [0.2, 0.25) is 0 Å². The van der Waals surface area contributed by atoms with Crippen LogP contribution in [0.1, 0.15) is 24.4 Å². The predicted molar refractivity (Wildman–Crippen MR) is 76.0 cm³/mol. The summed E-state index contributed by atoms with van der Waals surface area (Å²) < 4.78 is 7.35. The maximum absolute atomic E-state index is 12.2. The van der Waals surface area contributed by atoms with Gasteiger partial charge in [0.15, 0.2) is 0 Å². The molecule has 1 N–H and O–H groups in total. The SMILES string of the molecule is CNCc1cccc(Oc2nccn(C3CC3)c2=O)c1. The van der Waals surface area contributed by atoms with Crippen LogP contribution in [0.3, 0.4) is 0 Å². The van der Waals surface area contributed by atoms with Crippen molar-refractivity contribution in [1.82, 2.24) is 14.9 Å². The Morgan fingerprint density at radius 1 is 1.45 bits per heavy atom. The molecule has 0 saturated heterocycles. The highest BCUT2D eigenvalue weighted by molar-refractivity contribution is 5.31. The minimum atomic E-state index is -0.158. The van der Waals surface area contributed by atoms with Crippen molar-refractivity contribution in [2.45, 2.75) is 25.4 Å². The van der Waals surface area contributed by atoms with Gasteiger partial charge in [0, 0.05) is 25.0 Å². The lowest BCUT2D eigenvalue weighted by Crippen LogP contribution is -2.20. The van der Waals surface area contributed by atoms with E-state index in [4.69, 9.17) is 4.74 Å². The first kappa shape index (κ1) is 12.9. The summed E-state index contributed by atoms with van der Waals surface area (Å²) in [4.78, 5) is 16.3. The standard InChI is InChI=1S/C15H17N3O2/c1-16-10-11-3-2-4-13(9-11)20-14-15(19)18(8-7-17-14)12-5-6-12/h2-4,7-9,12,16H,5-6,10H2,1H3. The summed E-state index contributed by atoms with van der Waals surface area (Å²) in [6.07, 6.45) is 5.46. The summed E-state index contributed by atoms with van der Waals surface area (Å²) in [6.45, 7) is 0.756. The van der Waals surface area contributed by atoms with Crippen LogP contribution in [0.5, 0.6) is 11.6 Å². The van der Waals surface area contributed by atoms with E-state index in [2.05, 4.69) is 10.3 Å². The summed E-state index contributed by atoms with van der Waals surface area (Å²) in [5.74, 6) is 0.775. The van der Waals surface area contributed by atoms with Gasteiger partial charge in [-0.3, -0.25) is 4.79 Å². The van der Waals surface area contributed by atoms with Crippen molar-refractivity contribution in [2.24, 2.45) is 0 Å². The van der Waals surface area contributed by atoms with E-state index in [1.54, 1.807) is 17.0 Å². The number of hydrogen-bond acceptors (Lipinski definition) is 4. The van der Waals surface area contributed by atoms with E-state index in [0.717, 1.165) is 24.9 Å². The van der Waals surface area contributed by atoms with E-state index in [1.165, 1.54) is 0 Å². The fourth-order valence-corrected chi connectivity index (χ4v) is 2.15. The third-order valence-electron chi connectivity index (χ3n) is 3.27. The molecule has 0 bridgehead atoms. The lowest BCUT2D eigenvalue weighted by Gasteiger charge is -2.08. The number of rotatable bonds is 5. The Balaban J connectivity index is 1.85. The van der Waals surface area contributed by atoms with Crippen LogP contribution in [0.4, 0.5) is 0 Å². The highest BCUT2D eigenvalue weighted by Crippen LogP contribution is 2.33. The Labute approximate surface area is 117 Å². The molecule has 1 aliphatic rings. The second-order valence-corrected chi connectivity index (χ2v) is 4.96. The van der Waals surface area contributed by atoms with E-state index >= 15 is 0 Å². The van der Waals surface area contributed by atoms with Crippen molar-refractivity contribution in [3.05, 3.63) is 52.6 Å². The molecule has 1 aromatic heterocycles. The molecule has 2 aromatic rings. The van der Waals surface area contributed by atoms with E-state index in [1.807, 2.05) is 31.3 Å². The van der Waals surface area contributed by atoms with Crippen molar-refractivity contribution < 1.29 is 4.74 Å². The van der Waals surface area contributed by atoms with Gasteiger partial charge in [-0.1, -0.05) is 12.1 Å². The van der Waals surface area contributed by atoms with Gasteiger partial charge in [0.25, 0.3) is 5.88 Å². The molecule has 0 atom stereocenters. The first-order valence-corrected chi connectivity index (χ1v) is 6.76. The molecular formula is C15H17N3O2. The molecule has 0 amide bonds. The molecule has 0 radical (unpaired) electrons. The van der Waals surface area contributed by atoms with Gasteiger partial charge in [0.2, 0.25) is 0 Å². The highest BCUT2D eigenvalue weighted by atomic mass is 16.5. The third kappa shape index (κ3) is 2.72. The van der Waals surface area contributed by atoms with Gasteiger partial charge in [0.1, 0.15) is 5.75 Å². The van der Waals surface area contributed by atoms with Crippen LogP contribution < -0.4 is 15.6 Å². The Kier molecular flexibility index (Phi) is 3.52. The average molecular weight is 271 g/mol. The maximum atomic E-state index is 12.2. The van der Waals surface area contributed by atoms with Crippen LogP contribution in [-0.2, 0) is 6.54 Å². The Bertz CT molecular complexity index is 662. The Hall–Kier alpha value is -2.14. The molecule has 1 fully saturated rings. The van der Waals surface area contributed by atoms with E-state index in [9.17, 15) is 4.79 Å². The van der Waals surface area contributed by atoms with Crippen LogP contribution in [0.15, 0.2) is 41.5 Å². The number of hydrogen-bond donors (Lipinski definition) is 1. The van der Waals surface area contributed by atoms with Crippen molar-refractivity contribution in [3.8, 4) is 11.6 Å². The number of aromatic nitrogens is 2. The minimum Gasteiger partial charge on any atom is -0.435 e. The number of benzene rings is 1. The van der Waals surface area contributed by atoms with Crippen molar-refractivity contribution in [1.29, 1.82) is 0 Å². The lowest BCUT2D eigenvalue weighted by molar-refractivity contribution is 0.444. The van der Waals surface area contributed by atoms with Gasteiger partial charge in [-0.15, -0.1) is 0 Å². The smallest absolute Gasteiger partial charge is 0.313 e. The molecule has 1 aliphatic carbocycles.